The number of ether oxygens (including phenoxy) is 2. The molecule has 0 aromatic carbocycles. The SMILES string of the molecule is C1COC(COCCC[SiH]2CCO[SiH2][SiH2]2)C1. The van der Waals surface area contributed by atoms with Crippen LogP contribution < -0.4 is 0 Å². The lowest BCUT2D eigenvalue weighted by atomic mass is 10.2. The normalized spacial score (nSPS) is 33.8. The Morgan fingerprint density at radius 2 is 2.38 bits per heavy atom. The van der Waals surface area contributed by atoms with Gasteiger partial charge in [0.05, 0.1) is 12.7 Å². The minimum absolute atomic E-state index is 0.0493. The van der Waals surface area contributed by atoms with Crippen LogP contribution in [0.2, 0.25) is 12.1 Å². The Labute approximate surface area is 104 Å². The predicted molar refractivity (Wildman–Crippen MR) is 74.2 cm³/mol. The second kappa shape index (κ2) is 7.78. The summed E-state index contributed by atoms with van der Waals surface area (Å²) in [6.07, 6.45) is 4.14. The fourth-order valence-corrected chi connectivity index (χ4v) is 20.7. The topological polar surface area (TPSA) is 27.7 Å². The zero-order valence-electron chi connectivity index (χ0n) is 10.2. The third-order valence-corrected chi connectivity index (χ3v) is 23.4. The van der Waals surface area contributed by atoms with Crippen LogP contribution in [0.5, 0.6) is 0 Å². The highest BCUT2D eigenvalue weighted by molar-refractivity contribution is 7.35. The van der Waals surface area contributed by atoms with Gasteiger partial charge in [-0.25, -0.2) is 0 Å². The van der Waals surface area contributed by atoms with Gasteiger partial charge >= 0.3 is 0 Å². The molecule has 2 fully saturated rings. The Morgan fingerprint density at radius 1 is 1.38 bits per heavy atom. The molecule has 2 unspecified atom stereocenters. The molecule has 0 bridgehead atoms. The van der Waals surface area contributed by atoms with Gasteiger partial charge in [0.25, 0.3) is 0 Å². The van der Waals surface area contributed by atoms with Gasteiger partial charge in [-0.1, -0.05) is 6.04 Å². The van der Waals surface area contributed by atoms with E-state index < -0.39 is 0 Å². The molecule has 2 rings (SSSR count). The summed E-state index contributed by atoms with van der Waals surface area (Å²) in [5.74, 6) is 0. The average Bonchev–Trinajstić information content (AvgIpc) is 2.83. The summed E-state index contributed by atoms with van der Waals surface area (Å²) >= 11 is 0. The maximum absolute atomic E-state index is 5.70. The van der Waals surface area contributed by atoms with Crippen LogP contribution >= 0.6 is 0 Å². The first-order valence-corrected chi connectivity index (χ1v) is 16.2. The van der Waals surface area contributed by atoms with Gasteiger partial charge in [-0.05, 0) is 25.3 Å². The maximum atomic E-state index is 5.70. The summed E-state index contributed by atoms with van der Waals surface area (Å²) in [6.45, 7) is 3.87. The maximum Gasteiger partial charge on any atom is 0.140 e. The van der Waals surface area contributed by atoms with E-state index in [-0.39, 0.29) is 17.6 Å². The van der Waals surface area contributed by atoms with Crippen molar-refractivity contribution in [3.63, 3.8) is 0 Å². The summed E-state index contributed by atoms with van der Waals surface area (Å²) < 4.78 is 16.8. The number of hydrogen-bond donors (Lipinski definition) is 0. The fraction of sp³-hybridized carbons (Fsp3) is 1.00. The highest BCUT2D eigenvalue weighted by Gasteiger charge is 2.17. The Morgan fingerprint density at radius 3 is 3.12 bits per heavy atom. The van der Waals surface area contributed by atoms with Gasteiger partial charge < -0.3 is 13.9 Å². The molecule has 0 N–H and O–H groups in total. The first kappa shape index (κ1) is 13.0. The highest BCUT2D eigenvalue weighted by atomic mass is 29.5. The molecule has 0 amide bonds. The average molecular weight is 277 g/mol. The second-order valence-electron chi connectivity index (χ2n) is 4.91. The first-order chi connectivity index (χ1) is 7.95. The van der Waals surface area contributed by atoms with E-state index in [1.165, 1.54) is 31.4 Å². The molecule has 0 saturated carbocycles. The molecule has 3 nitrogen and oxygen atoms in total. The van der Waals surface area contributed by atoms with E-state index in [1.807, 2.05) is 0 Å². The quantitative estimate of drug-likeness (QED) is 0.483. The van der Waals surface area contributed by atoms with E-state index >= 15 is 0 Å². The third-order valence-electron chi connectivity index (χ3n) is 3.57. The minimum Gasteiger partial charge on any atom is -0.428 e. The molecular formula is C10H24O3Si3. The van der Waals surface area contributed by atoms with Crippen molar-refractivity contribution in [2.24, 2.45) is 0 Å². The highest BCUT2D eigenvalue weighted by Crippen LogP contribution is 2.12. The molecule has 16 heavy (non-hydrogen) atoms. The van der Waals surface area contributed by atoms with Crippen molar-refractivity contribution in [1.29, 1.82) is 0 Å². The predicted octanol–water partition coefficient (Wildman–Crippen LogP) is -0.506. The van der Waals surface area contributed by atoms with Crippen molar-refractivity contribution in [2.75, 3.05) is 26.4 Å². The van der Waals surface area contributed by atoms with Crippen LogP contribution in [-0.4, -0.2) is 58.7 Å². The van der Waals surface area contributed by atoms with Crippen LogP contribution in [0.4, 0.5) is 0 Å². The molecule has 2 aliphatic rings. The molecule has 2 saturated heterocycles. The zero-order chi connectivity index (χ0) is 11.1. The zero-order valence-corrected chi connectivity index (χ0v) is 14.1. The summed E-state index contributed by atoms with van der Waals surface area (Å²) in [5.41, 5.74) is 0. The van der Waals surface area contributed by atoms with Crippen molar-refractivity contribution < 1.29 is 13.9 Å². The van der Waals surface area contributed by atoms with Crippen molar-refractivity contribution in [3.8, 4) is 0 Å². The summed E-state index contributed by atoms with van der Waals surface area (Å²) in [5, 5.41) is 0. The lowest BCUT2D eigenvalue weighted by molar-refractivity contribution is 0.0175. The van der Waals surface area contributed by atoms with Crippen LogP contribution in [0.3, 0.4) is 0 Å². The Hall–Kier alpha value is 0.531. The lowest BCUT2D eigenvalue weighted by Gasteiger charge is -2.19. The smallest absolute Gasteiger partial charge is 0.140 e. The van der Waals surface area contributed by atoms with E-state index in [0.29, 0.717) is 14.7 Å². The van der Waals surface area contributed by atoms with Gasteiger partial charge in [0.15, 0.2) is 0 Å². The minimum atomic E-state index is -0.231. The van der Waals surface area contributed by atoms with E-state index in [9.17, 15) is 0 Å². The standard InChI is InChI=1S/C10H24O3Si3/c1-3-10(12-5-1)9-11-4-2-7-16-8-6-13-14-15-16/h10,16H,1-9,14-15H2. The number of hydrogen-bond acceptors (Lipinski definition) is 3. The molecule has 0 aromatic rings. The van der Waals surface area contributed by atoms with Crippen molar-refractivity contribution in [3.05, 3.63) is 0 Å². The van der Waals surface area contributed by atoms with Gasteiger partial charge in [0.2, 0.25) is 0 Å². The van der Waals surface area contributed by atoms with E-state index in [1.54, 1.807) is 0 Å². The van der Waals surface area contributed by atoms with E-state index in [4.69, 9.17) is 13.9 Å². The van der Waals surface area contributed by atoms with Crippen LogP contribution in [0.25, 0.3) is 0 Å². The van der Waals surface area contributed by atoms with Crippen LogP contribution in [0.1, 0.15) is 19.3 Å². The van der Waals surface area contributed by atoms with Crippen molar-refractivity contribution >= 4 is 26.1 Å². The Bertz CT molecular complexity index is 182. The van der Waals surface area contributed by atoms with Gasteiger partial charge in [-0.3, -0.25) is 0 Å². The molecule has 0 aliphatic carbocycles. The van der Waals surface area contributed by atoms with Gasteiger partial charge in [-0.15, -0.1) is 0 Å². The van der Waals surface area contributed by atoms with Gasteiger partial charge in [0.1, 0.15) is 9.28 Å². The molecule has 2 atom stereocenters. The van der Waals surface area contributed by atoms with E-state index in [0.717, 1.165) is 26.4 Å². The molecule has 0 spiro atoms. The third kappa shape index (κ3) is 4.80. The van der Waals surface area contributed by atoms with E-state index in [2.05, 4.69) is 0 Å². The summed E-state index contributed by atoms with van der Waals surface area (Å²) in [4.78, 5) is 0. The molecule has 2 aliphatic heterocycles. The number of rotatable bonds is 6. The molecule has 6 heteroatoms. The van der Waals surface area contributed by atoms with Crippen LogP contribution in [0.15, 0.2) is 0 Å². The summed E-state index contributed by atoms with van der Waals surface area (Å²) in [7, 11) is 0.167. The van der Waals surface area contributed by atoms with Gasteiger partial charge in [-0.2, -0.15) is 0 Å². The Balaban J connectivity index is 1.42. The monoisotopic (exact) mass is 276 g/mol. The first-order valence-electron chi connectivity index (χ1n) is 6.72. The molecule has 0 aromatic heterocycles. The Kier molecular flexibility index (Phi) is 6.31. The second-order valence-corrected chi connectivity index (χ2v) is 20.8. The molecule has 94 valence electrons. The molecular weight excluding hydrogens is 252 g/mol. The largest absolute Gasteiger partial charge is 0.428 e. The molecule has 0 radical (unpaired) electrons. The fourth-order valence-electron chi connectivity index (χ4n) is 2.50. The molecule has 2 heterocycles. The van der Waals surface area contributed by atoms with Crippen molar-refractivity contribution in [2.45, 2.75) is 37.5 Å². The van der Waals surface area contributed by atoms with Gasteiger partial charge in [0, 0.05) is 36.7 Å². The summed E-state index contributed by atoms with van der Waals surface area (Å²) in [6, 6.07) is 3.01. The van der Waals surface area contributed by atoms with Crippen molar-refractivity contribution in [1.82, 2.24) is 0 Å². The lowest BCUT2D eigenvalue weighted by Crippen LogP contribution is -2.35. The van der Waals surface area contributed by atoms with Crippen LogP contribution in [0, 0.1) is 0 Å². The van der Waals surface area contributed by atoms with Crippen LogP contribution in [-0.2, 0) is 13.9 Å².